The van der Waals surface area contributed by atoms with Crippen LogP contribution in [0.25, 0.3) is 11.2 Å². The summed E-state index contributed by atoms with van der Waals surface area (Å²) in [5.41, 5.74) is 0.222. The van der Waals surface area contributed by atoms with Gasteiger partial charge in [0.2, 0.25) is 0 Å². The van der Waals surface area contributed by atoms with Crippen LogP contribution in [0.4, 0.5) is 0 Å². The van der Waals surface area contributed by atoms with Crippen molar-refractivity contribution in [1.82, 2.24) is 39.5 Å². The highest BCUT2D eigenvalue weighted by Gasteiger charge is 2.16. The number of likely N-dealkylation sites (tertiary alicyclic amines) is 1. The van der Waals surface area contributed by atoms with Crippen molar-refractivity contribution in [2.75, 3.05) is 26.2 Å². The zero-order valence-electron chi connectivity index (χ0n) is 17.1. The molecule has 3 aromatic heterocycles. The third-order valence-electron chi connectivity index (χ3n) is 5.39. The quantitative estimate of drug-likeness (QED) is 0.538. The first-order chi connectivity index (χ1) is 14.6. The second kappa shape index (κ2) is 9.23. The Morgan fingerprint density at radius 2 is 1.97 bits per heavy atom. The molecule has 1 aliphatic rings. The van der Waals surface area contributed by atoms with Crippen molar-refractivity contribution in [3.63, 3.8) is 0 Å². The molecule has 0 spiro atoms. The Hall–Kier alpha value is -2.98. The second-order valence-electron chi connectivity index (χ2n) is 7.57. The van der Waals surface area contributed by atoms with Crippen molar-refractivity contribution in [2.24, 2.45) is 7.05 Å². The third kappa shape index (κ3) is 4.44. The van der Waals surface area contributed by atoms with Gasteiger partial charge in [0, 0.05) is 32.5 Å². The topological polar surface area (TPSA) is 111 Å². The van der Waals surface area contributed by atoms with Gasteiger partial charge in [-0.1, -0.05) is 12.5 Å². The smallest absolute Gasteiger partial charge is 0.308 e. The van der Waals surface area contributed by atoms with Crippen LogP contribution in [-0.2, 0) is 20.1 Å². The van der Waals surface area contributed by atoms with E-state index in [4.69, 9.17) is 0 Å². The molecule has 30 heavy (non-hydrogen) atoms. The maximum atomic E-state index is 12.6. The van der Waals surface area contributed by atoms with Crippen molar-refractivity contribution >= 4 is 11.2 Å². The minimum absolute atomic E-state index is 0.142. The lowest BCUT2D eigenvalue weighted by molar-refractivity contribution is 0.228. The SMILES string of the molecule is Cn1c(=O)c2nc(CNCCN3CCCCC3)nnc2n(Cc2cccnc2)c1=O. The first kappa shape index (κ1) is 20.3. The van der Waals surface area contributed by atoms with Gasteiger partial charge in [-0.15, -0.1) is 10.2 Å². The first-order valence-corrected chi connectivity index (χ1v) is 10.3. The van der Waals surface area contributed by atoms with Gasteiger partial charge in [-0.05, 0) is 37.6 Å². The van der Waals surface area contributed by atoms with Gasteiger partial charge in [0.05, 0.1) is 13.1 Å². The molecule has 1 saturated heterocycles. The van der Waals surface area contributed by atoms with Crippen molar-refractivity contribution < 1.29 is 0 Å². The van der Waals surface area contributed by atoms with Gasteiger partial charge < -0.3 is 10.2 Å². The van der Waals surface area contributed by atoms with E-state index in [0.717, 1.165) is 36.3 Å². The molecule has 4 rings (SSSR count). The molecular weight excluding hydrogens is 384 g/mol. The summed E-state index contributed by atoms with van der Waals surface area (Å²) >= 11 is 0. The Morgan fingerprint density at radius 1 is 1.13 bits per heavy atom. The average molecular weight is 410 g/mol. The Labute approximate surface area is 173 Å². The minimum Gasteiger partial charge on any atom is -0.308 e. The molecule has 1 N–H and O–H groups in total. The lowest BCUT2D eigenvalue weighted by Gasteiger charge is -2.26. The molecule has 1 fully saturated rings. The molecule has 4 heterocycles. The number of pyridine rings is 1. The van der Waals surface area contributed by atoms with Crippen LogP contribution in [0.15, 0.2) is 34.1 Å². The monoisotopic (exact) mass is 410 g/mol. The molecule has 0 radical (unpaired) electrons. The maximum absolute atomic E-state index is 12.6. The highest BCUT2D eigenvalue weighted by molar-refractivity contribution is 5.68. The molecule has 0 amide bonds. The van der Waals surface area contributed by atoms with Crippen molar-refractivity contribution in [2.45, 2.75) is 32.4 Å². The van der Waals surface area contributed by atoms with Crippen LogP contribution in [0, 0.1) is 0 Å². The second-order valence-corrected chi connectivity index (χ2v) is 7.57. The zero-order chi connectivity index (χ0) is 20.9. The third-order valence-corrected chi connectivity index (χ3v) is 5.39. The predicted octanol–water partition coefficient (Wildman–Crippen LogP) is -0.0960. The van der Waals surface area contributed by atoms with Crippen LogP contribution in [-0.4, -0.2) is 60.4 Å². The first-order valence-electron chi connectivity index (χ1n) is 10.3. The van der Waals surface area contributed by atoms with Crippen molar-refractivity contribution in [3.05, 3.63) is 56.8 Å². The summed E-state index contributed by atoms with van der Waals surface area (Å²) in [7, 11) is 1.45. The summed E-state index contributed by atoms with van der Waals surface area (Å²) in [6.45, 7) is 4.76. The molecular formula is C20H26N8O2. The van der Waals surface area contributed by atoms with Crippen LogP contribution in [0.2, 0.25) is 0 Å². The molecule has 0 bridgehead atoms. The van der Waals surface area contributed by atoms with Gasteiger partial charge in [-0.25, -0.2) is 9.78 Å². The number of rotatable bonds is 7. The Balaban J connectivity index is 1.53. The fourth-order valence-corrected chi connectivity index (χ4v) is 3.71. The predicted molar refractivity (Wildman–Crippen MR) is 112 cm³/mol. The number of nitrogens with one attached hydrogen (secondary N) is 1. The number of hydrogen-bond acceptors (Lipinski definition) is 8. The summed E-state index contributed by atoms with van der Waals surface area (Å²) in [5, 5.41) is 11.6. The molecule has 0 aromatic carbocycles. The Kier molecular flexibility index (Phi) is 6.24. The standard InChI is InChI=1S/C20H26N8O2/c1-26-19(29)17-18(28(20(26)30)14-15-6-5-7-21-12-15)25-24-16(23-17)13-22-8-11-27-9-3-2-4-10-27/h5-7,12,22H,2-4,8-11,13-14H2,1H3. The lowest BCUT2D eigenvalue weighted by Crippen LogP contribution is -2.39. The molecule has 0 atom stereocenters. The van der Waals surface area contributed by atoms with Crippen LogP contribution in [0.5, 0.6) is 0 Å². The molecule has 1 aliphatic heterocycles. The van der Waals surface area contributed by atoms with Crippen molar-refractivity contribution in [3.8, 4) is 0 Å². The van der Waals surface area contributed by atoms with Gasteiger partial charge >= 0.3 is 5.69 Å². The van der Waals surface area contributed by atoms with E-state index in [9.17, 15) is 9.59 Å². The minimum atomic E-state index is -0.470. The highest BCUT2D eigenvalue weighted by atomic mass is 16.2. The fraction of sp³-hybridized carbons (Fsp3) is 0.500. The van der Waals surface area contributed by atoms with Gasteiger partial charge in [0.1, 0.15) is 0 Å². The normalized spacial score (nSPS) is 15.0. The van der Waals surface area contributed by atoms with Gasteiger partial charge in [0.25, 0.3) is 5.56 Å². The van der Waals surface area contributed by atoms with E-state index in [1.165, 1.54) is 30.9 Å². The largest absolute Gasteiger partial charge is 0.332 e. The van der Waals surface area contributed by atoms with Gasteiger partial charge in [-0.3, -0.25) is 18.9 Å². The number of fused-ring (bicyclic) bond motifs is 1. The average Bonchev–Trinajstić information content (AvgIpc) is 2.79. The number of aromatic nitrogens is 6. The van der Waals surface area contributed by atoms with Gasteiger partial charge in [-0.2, -0.15) is 0 Å². The number of piperidine rings is 1. The molecule has 10 heteroatoms. The highest BCUT2D eigenvalue weighted by Crippen LogP contribution is 2.08. The molecule has 0 saturated carbocycles. The van der Waals surface area contributed by atoms with Crippen molar-refractivity contribution in [1.29, 1.82) is 0 Å². The fourth-order valence-electron chi connectivity index (χ4n) is 3.71. The lowest BCUT2D eigenvalue weighted by atomic mass is 10.1. The van der Waals surface area contributed by atoms with Crippen LogP contribution in [0.3, 0.4) is 0 Å². The van der Waals surface area contributed by atoms with E-state index < -0.39 is 11.2 Å². The summed E-state index contributed by atoms with van der Waals surface area (Å²) in [6.07, 6.45) is 7.19. The van der Waals surface area contributed by atoms with E-state index in [-0.39, 0.29) is 17.7 Å². The van der Waals surface area contributed by atoms with E-state index in [1.807, 2.05) is 6.07 Å². The molecule has 0 aliphatic carbocycles. The Morgan fingerprint density at radius 3 is 2.73 bits per heavy atom. The Bertz CT molecular complexity index is 1120. The van der Waals surface area contributed by atoms with Crippen LogP contribution >= 0.6 is 0 Å². The molecule has 0 unspecified atom stereocenters. The van der Waals surface area contributed by atoms with Crippen LogP contribution in [0.1, 0.15) is 30.7 Å². The summed E-state index contributed by atoms with van der Waals surface area (Å²) in [6, 6.07) is 3.65. The summed E-state index contributed by atoms with van der Waals surface area (Å²) < 4.78 is 2.46. The summed E-state index contributed by atoms with van der Waals surface area (Å²) in [5.74, 6) is 0.435. The molecule has 3 aromatic rings. The molecule has 158 valence electrons. The van der Waals surface area contributed by atoms with E-state index in [2.05, 4.69) is 30.4 Å². The van der Waals surface area contributed by atoms with E-state index in [0.29, 0.717) is 12.4 Å². The van der Waals surface area contributed by atoms with Crippen LogP contribution < -0.4 is 16.6 Å². The molecule has 10 nitrogen and oxygen atoms in total. The maximum Gasteiger partial charge on any atom is 0.332 e. The zero-order valence-corrected chi connectivity index (χ0v) is 17.1. The van der Waals surface area contributed by atoms with E-state index >= 15 is 0 Å². The van der Waals surface area contributed by atoms with Gasteiger partial charge in [0.15, 0.2) is 17.0 Å². The number of nitrogens with zero attached hydrogens (tertiary/aromatic N) is 7. The van der Waals surface area contributed by atoms with E-state index in [1.54, 1.807) is 18.5 Å². The summed E-state index contributed by atoms with van der Waals surface area (Å²) in [4.78, 5) is 36.2. The number of hydrogen-bond donors (Lipinski definition) is 1.